The fraction of sp³-hybridized carbons (Fsp3) is 0.133. The Morgan fingerprint density at radius 2 is 1.74 bits per heavy atom. The molecule has 0 aliphatic rings. The zero-order valence-electron chi connectivity index (χ0n) is 10.3. The molecule has 3 rings (SSSR count). The number of aryl methyl sites for hydroxylation is 2. The van der Waals surface area contributed by atoms with Crippen molar-refractivity contribution in [2.24, 2.45) is 0 Å². The third kappa shape index (κ3) is 2.38. The van der Waals surface area contributed by atoms with E-state index in [1.165, 1.54) is 0 Å². The highest BCUT2D eigenvalue weighted by molar-refractivity contribution is 5.83. The number of H-pyrrole nitrogens is 1. The van der Waals surface area contributed by atoms with Crippen molar-refractivity contribution in [2.75, 3.05) is 0 Å². The fourth-order valence-electron chi connectivity index (χ4n) is 2.15. The van der Waals surface area contributed by atoms with E-state index >= 15 is 0 Å². The quantitative estimate of drug-likeness (QED) is 0.775. The van der Waals surface area contributed by atoms with E-state index in [1.807, 2.05) is 42.5 Å². The zero-order valence-corrected chi connectivity index (χ0v) is 10.3. The van der Waals surface area contributed by atoms with Crippen molar-refractivity contribution in [3.63, 3.8) is 0 Å². The predicted octanol–water partition coefficient (Wildman–Crippen LogP) is 2.10. The van der Waals surface area contributed by atoms with E-state index in [2.05, 4.69) is 15.2 Å². The first-order valence-electron chi connectivity index (χ1n) is 6.21. The molecule has 0 fully saturated rings. The number of benzene rings is 1. The topological polar surface area (TPSA) is 58.6 Å². The first kappa shape index (κ1) is 11.6. The highest BCUT2D eigenvalue weighted by atomic mass is 16.1. The maximum absolute atomic E-state index is 11.7. The molecule has 0 amide bonds. The lowest BCUT2D eigenvalue weighted by atomic mass is 10.1. The Hall–Kier alpha value is -2.49. The van der Waals surface area contributed by atoms with E-state index in [-0.39, 0.29) is 5.56 Å². The summed E-state index contributed by atoms with van der Waals surface area (Å²) in [6.45, 7) is 0. The van der Waals surface area contributed by atoms with Crippen LogP contribution in [0.25, 0.3) is 10.8 Å². The van der Waals surface area contributed by atoms with Gasteiger partial charge in [-0.1, -0.05) is 24.3 Å². The maximum atomic E-state index is 11.7. The molecule has 0 atom stereocenters. The molecule has 0 aliphatic carbocycles. The average molecular weight is 251 g/mol. The van der Waals surface area contributed by atoms with E-state index < -0.39 is 0 Å². The van der Waals surface area contributed by atoms with Crippen molar-refractivity contribution in [1.29, 1.82) is 0 Å². The SMILES string of the molecule is O=c1[nH]nc(CCc2ccccn2)c2ccccc12. The summed E-state index contributed by atoms with van der Waals surface area (Å²) in [7, 11) is 0. The molecule has 1 aromatic carbocycles. The van der Waals surface area contributed by atoms with Crippen LogP contribution in [0.1, 0.15) is 11.4 Å². The van der Waals surface area contributed by atoms with Crippen LogP contribution in [0.3, 0.4) is 0 Å². The Kier molecular flexibility index (Phi) is 3.06. The number of hydrogen-bond donors (Lipinski definition) is 1. The standard InChI is InChI=1S/C15H13N3O/c19-15-13-7-2-1-6-12(13)14(17-18-15)9-8-11-5-3-4-10-16-11/h1-7,10H,8-9H2,(H,18,19). The summed E-state index contributed by atoms with van der Waals surface area (Å²) >= 11 is 0. The van der Waals surface area contributed by atoms with Gasteiger partial charge in [-0.2, -0.15) is 5.10 Å². The Morgan fingerprint density at radius 1 is 0.947 bits per heavy atom. The van der Waals surface area contributed by atoms with Crippen LogP contribution in [0, 0.1) is 0 Å². The molecule has 0 bridgehead atoms. The Morgan fingerprint density at radius 3 is 2.53 bits per heavy atom. The minimum atomic E-state index is -0.141. The van der Waals surface area contributed by atoms with Gasteiger partial charge in [0.25, 0.3) is 5.56 Å². The third-order valence-corrected chi connectivity index (χ3v) is 3.12. The van der Waals surface area contributed by atoms with Crippen molar-refractivity contribution in [3.05, 3.63) is 70.4 Å². The van der Waals surface area contributed by atoms with Crippen LogP contribution in [-0.2, 0) is 12.8 Å². The molecule has 3 aromatic rings. The van der Waals surface area contributed by atoms with Gasteiger partial charge in [0.05, 0.1) is 11.1 Å². The smallest absolute Gasteiger partial charge is 0.267 e. The summed E-state index contributed by atoms with van der Waals surface area (Å²) in [5.41, 5.74) is 1.79. The molecule has 0 aliphatic heterocycles. The van der Waals surface area contributed by atoms with Crippen molar-refractivity contribution in [3.8, 4) is 0 Å². The fourth-order valence-corrected chi connectivity index (χ4v) is 2.15. The first-order valence-corrected chi connectivity index (χ1v) is 6.21. The second-order valence-corrected chi connectivity index (χ2v) is 4.37. The number of hydrogen-bond acceptors (Lipinski definition) is 3. The van der Waals surface area contributed by atoms with Gasteiger partial charge < -0.3 is 0 Å². The Balaban J connectivity index is 1.94. The van der Waals surface area contributed by atoms with Crippen molar-refractivity contribution < 1.29 is 0 Å². The van der Waals surface area contributed by atoms with Crippen LogP contribution in [0.5, 0.6) is 0 Å². The van der Waals surface area contributed by atoms with E-state index in [0.29, 0.717) is 5.39 Å². The van der Waals surface area contributed by atoms with Gasteiger partial charge in [0, 0.05) is 17.3 Å². The van der Waals surface area contributed by atoms with Crippen LogP contribution < -0.4 is 5.56 Å². The molecular formula is C15H13N3O. The van der Waals surface area contributed by atoms with Crippen LogP contribution >= 0.6 is 0 Å². The molecule has 4 heteroatoms. The summed E-state index contributed by atoms with van der Waals surface area (Å²) in [4.78, 5) is 16.0. The molecule has 94 valence electrons. The Bertz CT molecular complexity index is 750. The minimum absolute atomic E-state index is 0.141. The van der Waals surface area contributed by atoms with E-state index in [1.54, 1.807) is 6.20 Å². The van der Waals surface area contributed by atoms with Crippen molar-refractivity contribution in [2.45, 2.75) is 12.8 Å². The van der Waals surface area contributed by atoms with Crippen molar-refractivity contribution in [1.82, 2.24) is 15.2 Å². The van der Waals surface area contributed by atoms with Gasteiger partial charge in [-0.05, 0) is 31.0 Å². The molecule has 0 spiro atoms. The number of fused-ring (bicyclic) bond motifs is 1. The lowest BCUT2D eigenvalue weighted by Gasteiger charge is -2.04. The summed E-state index contributed by atoms with van der Waals surface area (Å²) in [6.07, 6.45) is 3.35. The molecule has 0 unspecified atom stereocenters. The summed E-state index contributed by atoms with van der Waals surface area (Å²) in [5, 5.41) is 8.32. The molecule has 1 N–H and O–H groups in total. The van der Waals surface area contributed by atoms with Gasteiger partial charge in [-0.3, -0.25) is 9.78 Å². The highest BCUT2D eigenvalue weighted by Crippen LogP contribution is 2.14. The number of pyridine rings is 1. The number of nitrogens with one attached hydrogen (secondary N) is 1. The number of nitrogens with zero attached hydrogens (tertiary/aromatic N) is 2. The van der Waals surface area contributed by atoms with Crippen LogP contribution in [0.15, 0.2) is 53.5 Å². The second kappa shape index (κ2) is 5.02. The largest absolute Gasteiger partial charge is 0.272 e. The van der Waals surface area contributed by atoms with Crippen molar-refractivity contribution >= 4 is 10.8 Å². The van der Waals surface area contributed by atoms with Gasteiger partial charge in [0.1, 0.15) is 0 Å². The number of aromatic nitrogens is 3. The monoisotopic (exact) mass is 251 g/mol. The molecule has 2 heterocycles. The zero-order chi connectivity index (χ0) is 13.1. The number of rotatable bonds is 3. The molecule has 4 nitrogen and oxygen atoms in total. The summed E-state index contributed by atoms with van der Waals surface area (Å²) in [6, 6.07) is 13.4. The molecule has 0 saturated carbocycles. The predicted molar refractivity (Wildman–Crippen MR) is 74.0 cm³/mol. The molecule has 0 radical (unpaired) electrons. The van der Waals surface area contributed by atoms with Gasteiger partial charge in [-0.15, -0.1) is 0 Å². The van der Waals surface area contributed by atoms with E-state index in [9.17, 15) is 4.79 Å². The third-order valence-electron chi connectivity index (χ3n) is 3.12. The lowest BCUT2D eigenvalue weighted by Crippen LogP contribution is -2.11. The maximum Gasteiger partial charge on any atom is 0.272 e. The van der Waals surface area contributed by atoms with Crippen LogP contribution in [0.2, 0.25) is 0 Å². The highest BCUT2D eigenvalue weighted by Gasteiger charge is 2.06. The molecule has 19 heavy (non-hydrogen) atoms. The number of aromatic amines is 1. The van der Waals surface area contributed by atoms with Gasteiger partial charge >= 0.3 is 0 Å². The van der Waals surface area contributed by atoms with E-state index in [0.717, 1.165) is 29.6 Å². The molecular weight excluding hydrogens is 238 g/mol. The van der Waals surface area contributed by atoms with Crippen LogP contribution in [-0.4, -0.2) is 15.2 Å². The van der Waals surface area contributed by atoms with Gasteiger partial charge in [-0.25, -0.2) is 5.10 Å². The van der Waals surface area contributed by atoms with Crippen LogP contribution in [0.4, 0.5) is 0 Å². The lowest BCUT2D eigenvalue weighted by molar-refractivity contribution is 0.844. The Labute approximate surface area is 110 Å². The minimum Gasteiger partial charge on any atom is -0.267 e. The average Bonchev–Trinajstić information content (AvgIpc) is 2.48. The molecule has 0 saturated heterocycles. The summed E-state index contributed by atoms with van der Waals surface area (Å²) < 4.78 is 0. The molecule has 2 aromatic heterocycles. The van der Waals surface area contributed by atoms with Gasteiger partial charge in [0.2, 0.25) is 0 Å². The van der Waals surface area contributed by atoms with Gasteiger partial charge in [0.15, 0.2) is 0 Å². The second-order valence-electron chi connectivity index (χ2n) is 4.37. The first-order chi connectivity index (χ1) is 9.34. The van der Waals surface area contributed by atoms with E-state index in [4.69, 9.17) is 0 Å². The normalized spacial score (nSPS) is 10.7. The summed E-state index contributed by atoms with van der Waals surface area (Å²) in [5.74, 6) is 0.